The van der Waals surface area contributed by atoms with Gasteiger partial charge in [-0.2, -0.15) is 4.99 Å². The summed E-state index contributed by atoms with van der Waals surface area (Å²) < 4.78 is 4.59. The molecule has 1 aromatic carbocycles. The second-order valence-electron chi connectivity index (χ2n) is 6.01. The first-order valence-electron chi connectivity index (χ1n) is 7.87. The molecule has 0 heterocycles. The molecule has 0 aliphatic rings. The van der Waals surface area contributed by atoms with E-state index in [0.29, 0.717) is 5.57 Å². The highest BCUT2D eigenvalue weighted by Gasteiger charge is 2.19. The van der Waals surface area contributed by atoms with Crippen LogP contribution in [-0.4, -0.2) is 31.3 Å². The molecule has 0 aliphatic carbocycles. The zero-order valence-corrected chi connectivity index (χ0v) is 15.7. The fraction of sp³-hybridized carbons (Fsp3) is 0.350. The topological polar surface area (TPSA) is 85.2 Å². The van der Waals surface area contributed by atoms with E-state index in [1.54, 1.807) is 13.0 Å². The Labute approximate surface area is 154 Å². The van der Waals surface area contributed by atoms with Gasteiger partial charge in [-0.05, 0) is 44.9 Å². The van der Waals surface area contributed by atoms with Gasteiger partial charge in [-0.25, -0.2) is 19.4 Å². The van der Waals surface area contributed by atoms with Crippen LogP contribution in [-0.2, 0) is 24.7 Å². The lowest BCUT2D eigenvalue weighted by atomic mass is 9.92. The van der Waals surface area contributed by atoms with Gasteiger partial charge in [0.1, 0.15) is 6.61 Å². The predicted molar refractivity (Wildman–Crippen MR) is 101 cm³/mol. The van der Waals surface area contributed by atoms with Crippen LogP contribution in [0.2, 0.25) is 0 Å². The molecular weight excluding hydrogens is 332 g/mol. The number of esters is 1. The van der Waals surface area contributed by atoms with E-state index in [0.717, 1.165) is 16.7 Å². The lowest BCUT2D eigenvalue weighted by molar-refractivity contribution is -0.138. The number of isocyanates is 2. The summed E-state index contributed by atoms with van der Waals surface area (Å²) in [5.41, 5.74) is 2.88. The zero-order chi connectivity index (χ0) is 20.2. The van der Waals surface area contributed by atoms with Crippen LogP contribution in [0, 0.1) is 0 Å². The number of hydrogen-bond donors (Lipinski definition) is 0. The second-order valence-corrected chi connectivity index (χ2v) is 6.01. The quantitative estimate of drug-likeness (QED) is 0.245. The van der Waals surface area contributed by atoms with Gasteiger partial charge in [-0.1, -0.05) is 36.9 Å². The number of nitrogens with zero attached hydrogens (tertiary/aromatic N) is 2. The molecule has 0 unspecified atom stereocenters. The molecule has 0 fully saturated rings. The SMILES string of the molecule is C=C(C)C(=O)OCCN=C=O.C=C(C)c1cccc(C(C)(C)N=C=O)c1. The number of ether oxygens (including phenoxy) is 1. The third-order valence-corrected chi connectivity index (χ3v) is 3.24. The van der Waals surface area contributed by atoms with Crippen LogP contribution in [0.1, 0.15) is 38.8 Å². The normalized spacial score (nSPS) is 9.54. The molecule has 6 nitrogen and oxygen atoms in total. The molecule has 0 amide bonds. The van der Waals surface area contributed by atoms with Crippen molar-refractivity contribution in [3.8, 4) is 0 Å². The molecule has 0 aromatic heterocycles. The van der Waals surface area contributed by atoms with Crippen LogP contribution in [0.25, 0.3) is 5.57 Å². The van der Waals surface area contributed by atoms with Gasteiger partial charge in [-0.15, -0.1) is 0 Å². The summed E-state index contributed by atoms with van der Waals surface area (Å²) in [6.07, 6.45) is 2.94. The minimum absolute atomic E-state index is 0.0981. The van der Waals surface area contributed by atoms with E-state index < -0.39 is 11.5 Å². The molecule has 1 rings (SSSR count). The first-order chi connectivity index (χ1) is 12.2. The predicted octanol–water partition coefficient (Wildman–Crippen LogP) is 3.73. The van der Waals surface area contributed by atoms with Crippen molar-refractivity contribution in [2.24, 2.45) is 9.98 Å². The molecule has 0 saturated carbocycles. The van der Waals surface area contributed by atoms with Gasteiger partial charge in [0.05, 0.1) is 12.1 Å². The summed E-state index contributed by atoms with van der Waals surface area (Å²) in [5, 5.41) is 0. The fourth-order valence-corrected chi connectivity index (χ4v) is 1.70. The van der Waals surface area contributed by atoms with Crippen LogP contribution in [0.4, 0.5) is 0 Å². The molecule has 138 valence electrons. The summed E-state index contributed by atoms with van der Waals surface area (Å²) >= 11 is 0. The molecule has 0 aliphatic heterocycles. The smallest absolute Gasteiger partial charge is 0.333 e. The Morgan fingerprint density at radius 1 is 1.19 bits per heavy atom. The monoisotopic (exact) mass is 356 g/mol. The number of carbonyl (C=O) groups excluding carboxylic acids is 3. The Kier molecular flexibility index (Phi) is 10.1. The summed E-state index contributed by atoms with van der Waals surface area (Å²) in [4.78, 5) is 37.5. The van der Waals surface area contributed by atoms with E-state index in [2.05, 4.69) is 27.9 Å². The average Bonchev–Trinajstić information content (AvgIpc) is 2.59. The Hall–Kier alpha value is -3.07. The molecule has 0 radical (unpaired) electrons. The molecule has 0 saturated heterocycles. The Morgan fingerprint density at radius 2 is 1.85 bits per heavy atom. The van der Waals surface area contributed by atoms with E-state index in [4.69, 9.17) is 0 Å². The average molecular weight is 356 g/mol. The number of allylic oxidation sites excluding steroid dienone is 1. The van der Waals surface area contributed by atoms with Crippen LogP contribution in [0.15, 0.2) is 53.0 Å². The van der Waals surface area contributed by atoms with Gasteiger partial charge in [-0.3, -0.25) is 0 Å². The Morgan fingerprint density at radius 3 is 2.35 bits per heavy atom. The third kappa shape index (κ3) is 8.69. The Balaban J connectivity index is 0.000000508. The molecule has 1 aromatic rings. The van der Waals surface area contributed by atoms with Gasteiger partial charge < -0.3 is 4.74 Å². The molecule has 0 spiro atoms. The molecule has 6 heteroatoms. The maximum absolute atomic E-state index is 10.6. The van der Waals surface area contributed by atoms with Crippen LogP contribution >= 0.6 is 0 Å². The maximum Gasteiger partial charge on any atom is 0.333 e. The van der Waals surface area contributed by atoms with E-state index in [-0.39, 0.29) is 13.2 Å². The first-order valence-corrected chi connectivity index (χ1v) is 7.87. The minimum atomic E-state index is -0.521. The van der Waals surface area contributed by atoms with Crippen LogP contribution in [0.5, 0.6) is 0 Å². The Bertz CT molecular complexity index is 753. The summed E-state index contributed by atoms with van der Waals surface area (Å²) in [6.45, 7) is 14.8. The summed E-state index contributed by atoms with van der Waals surface area (Å²) in [6, 6.07) is 7.89. The van der Waals surface area contributed by atoms with E-state index in [1.165, 1.54) is 6.08 Å². The lowest BCUT2D eigenvalue weighted by Crippen LogP contribution is -2.13. The van der Waals surface area contributed by atoms with Crippen molar-refractivity contribution in [3.05, 3.63) is 54.1 Å². The highest BCUT2D eigenvalue weighted by Crippen LogP contribution is 2.26. The van der Waals surface area contributed by atoms with Crippen molar-refractivity contribution in [2.45, 2.75) is 33.2 Å². The van der Waals surface area contributed by atoms with Crippen molar-refractivity contribution in [1.29, 1.82) is 0 Å². The molecule has 0 atom stereocenters. The highest BCUT2D eigenvalue weighted by atomic mass is 16.5. The first kappa shape index (κ1) is 22.9. The second kappa shape index (κ2) is 11.5. The number of aliphatic imine (C=N–C) groups is 2. The number of benzene rings is 1. The molecular formula is C20H24N2O4. The van der Waals surface area contributed by atoms with Crippen molar-refractivity contribution >= 4 is 23.7 Å². The summed E-state index contributed by atoms with van der Waals surface area (Å²) in [5.74, 6) is -0.467. The van der Waals surface area contributed by atoms with Crippen LogP contribution < -0.4 is 0 Å². The maximum atomic E-state index is 10.6. The van der Waals surface area contributed by atoms with E-state index >= 15 is 0 Å². The van der Waals surface area contributed by atoms with Crippen LogP contribution in [0.3, 0.4) is 0 Å². The van der Waals surface area contributed by atoms with Crippen molar-refractivity contribution in [3.63, 3.8) is 0 Å². The fourth-order valence-electron chi connectivity index (χ4n) is 1.70. The zero-order valence-electron chi connectivity index (χ0n) is 15.7. The van der Waals surface area contributed by atoms with Crippen molar-refractivity contribution < 1.29 is 19.1 Å². The van der Waals surface area contributed by atoms with Gasteiger partial charge in [0, 0.05) is 5.57 Å². The number of hydrogen-bond acceptors (Lipinski definition) is 6. The molecule has 0 N–H and O–H groups in total. The minimum Gasteiger partial charge on any atom is -0.460 e. The lowest BCUT2D eigenvalue weighted by Gasteiger charge is -2.18. The molecule has 0 bridgehead atoms. The van der Waals surface area contributed by atoms with Gasteiger partial charge in [0.25, 0.3) is 0 Å². The van der Waals surface area contributed by atoms with E-state index in [9.17, 15) is 14.4 Å². The standard InChI is InChI=1S/C13H15NO.C7H9NO3/c1-10(2)11-6-5-7-12(8-11)13(3,4)14-9-15;1-6(2)7(10)11-4-3-8-5-9/h5-8H,1H2,2-4H3;1,3-4H2,2H3. The van der Waals surface area contributed by atoms with Crippen molar-refractivity contribution in [2.75, 3.05) is 13.2 Å². The van der Waals surface area contributed by atoms with Gasteiger partial charge in [0.2, 0.25) is 12.2 Å². The summed E-state index contributed by atoms with van der Waals surface area (Å²) in [7, 11) is 0. The van der Waals surface area contributed by atoms with E-state index in [1.807, 2.05) is 45.0 Å². The van der Waals surface area contributed by atoms with Crippen molar-refractivity contribution in [1.82, 2.24) is 0 Å². The number of rotatable bonds is 7. The highest BCUT2D eigenvalue weighted by molar-refractivity contribution is 5.86. The molecule has 26 heavy (non-hydrogen) atoms. The largest absolute Gasteiger partial charge is 0.460 e. The third-order valence-electron chi connectivity index (χ3n) is 3.24. The number of carbonyl (C=O) groups is 1. The van der Waals surface area contributed by atoms with Gasteiger partial charge >= 0.3 is 5.97 Å². The van der Waals surface area contributed by atoms with Gasteiger partial charge in [0.15, 0.2) is 0 Å².